The number of sulfonamides is 1. The summed E-state index contributed by atoms with van der Waals surface area (Å²) in [4.78, 5) is 30.1. The molecule has 1 aliphatic heterocycles. The Balaban J connectivity index is 1.42. The molecular formula is C29H29N3O6S2. The van der Waals surface area contributed by atoms with Crippen molar-refractivity contribution in [1.82, 2.24) is 8.87 Å². The highest BCUT2D eigenvalue weighted by atomic mass is 32.2. The van der Waals surface area contributed by atoms with Crippen molar-refractivity contribution >= 4 is 43.5 Å². The number of thiazole rings is 1. The van der Waals surface area contributed by atoms with E-state index in [0.29, 0.717) is 49.6 Å². The van der Waals surface area contributed by atoms with Crippen molar-refractivity contribution in [3.63, 3.8) is 0 Å². The van der Waals surface area contributed by atoms with E-state index in [9.17, 15) is 18.0 Å². The fourth-order valence-electron chi connectivity index (χ4n) is 4.66. The van der Waals surface area contributed by atoms with E-state index in [-0.39, 0.29) is 10.5 Å². The number of carbonyl (C=O) groups excluding carboxylic acids is 2. The molecule has 0 spiro atoms. The number of hydrogen-bond acceptors (Lipinski definition) is 7. The van der Waals surface area contributed by atoms with Crippen molar-refractivity contribution in [2.24, 2.45) is 4.99 Å². The van der Waals surface area contributed by atoms with Crippen molar-refractivity contribution in [3.8, 4) is 0 Å². The number of carbonyl (C=O) groups is 2. The van der Waals surface area contributed by atoms with E-state index < -0.39 is 21.9 Å². The summed E-state index contributed by atoms with van der Waals surface area (Å²) < 4.78 is 41.1. The van der Waals surface area contributed by atoms with Gasteiger partial charge in [0.1, 0.15) is 0 Å². The van der Waals surface area contributed by atoms with Gasteiger partial charge in [0, 0.05) is 31.8 Å². The van der Waals surface area contributed by atoms with Gasteiger partial charge in [0.15, 0.2) is 4.80 Å². The Morgan fingerprint density at radius 1 is 1.00 bits per heavy atom. The standard InChI is InChI=1S/C29H29N3O6S2/c1-3-38-17-16-32-25-13-10-22(28(34)37-2)18-26(25)39-29(32)30-27(33)21-8-11-24(12-9-21)40(35,36)31-15-14-20-6-4-5-7-23(20)19-31/h4-13,18H,3,14-17,19H2,1-2H3. The summed E-state index contributed by atoms with van der Waals surface area (Å²) >= 11 is 1.28. The van der Waals surface area contributed by atoms with Crippen molar-refractivity contribution in [1.29, 1.82) is 0 Å². The molecule has 2 heterocycles. The first-order valence-electron chi connectivity index (χ1n) is 12.9. The van der Waals surface area contributed by atoms with Gasteiger partial charge in [0.2, 0.25) is 10.0 Å². The lowest BCUT2D eigenvalue weighted by Crippen LogP contribution is -2.35. The lowest BCUT2D eigenvalue weighted by Gasteiger charge is -2.28. The molecule has 208 valence electrons. The van der Waals surface area contributed by atoms with Gasteiger partial charge in [-0.25, -0.2) is 13.2 Å². The fraction of sp³-hybridized carbons (Fsp3) is 0.276. The van der Waals surface area contributed by atoms with Gasteiger partial charge in [0.05, 0.1) is 34.4 Å². The van der Waals surface area contributed by atoms with Crippen molar-refractivity contribution < 1.29 is 27.5 Å². The predicted octanol–water partition coefficient (Wildman–Crippen LogP) is 4.01. The third kappa shape index (κ3) is 5.64. The Labute approximate surface area is 236 Å². The number of amides is 1. The second kappa shape index (κ2) is 11.8. The average molecular weight is 580 g/mol. The second-order valence-corrected chi connectivity index (χ2v) is 12.2. The largest absolute Gasteiger partial charge is 0.465 e. The van der Waals surface area contributed by atoms with Crippen LogP contribution < -0.4 is 4.80 Å². The molecular weight excluding hydrogens is 550 g/mol. The smallest absolute Gasteiger partial charge is 0.337 e. The minimum absolute atomic E-state index is 0.132. The van der Waals surface area contributed by atoms with Gasteiger partial charge in [-0.15, -0.1) is 0 Å². The summed E-state index contributed by atoms with van der Waals surface area (Å²) in [7, 11) is -2.39. The van der Waals surface area contributed by atoms with E-state index in [1.807, 2.05) is 35.8 Å². The molecule has 0 saturated carbocycles. The number of methoxy groups -OCH3 is 1. The number of hydrogen-bond donors (Lipinski definition) is 0. The van der Waals surface area contributed by atoms with Gasteiger partial charge < -0.3 is 14.0 Å². The molecule has 0 unspecified atom stereocenters. The molecule has 1 aromatic heterocycles. The Bertz CT molecular complexity index is 1740. The van der Waals surface area contributed by atoms with Crippen LogP contribution >= 0.6 is 11.3 Å². The molecule has 4 aromatic rings. The zero-order valence-corrected chi connectivity index (χ0v) is 23.8. The van der Waals surface area contributed by atoms with Crippen LogP contribution in [0, 0.1) is 0 Å². The van der Waals surface area contributed by atoms with E-state index >= 15 is 0 Å². The summed E-state index contributed by atoms with van der Waals surface area (Å²) in [6.45, 7) is 4.08. The minimum Gasteiger partial charge on any atom is -0.465 e. The molecule has 0 atom stereocenters. The fourth-order valence-corrected chi connectivity index (χ4v) is 7.18. The van der Waals surface area contributed by atoms with Crippen LogP contribution in [-0.4, -0.2) is 56.0 Å². The predicted molar refractivity (Wildman–Crippen MR) is 152 cm³/mol. The van der Waals surface area contributed by atoms with Crippen molar-refractivity contribution in [3.05, 3.63) is 93.8 Å². The zero-order chi connectivity index (χ0) is 28.3. The number of esters is 1. The number of aromatic nitrogens is 1. The summed E-state index contributed by atoms with van der Waals surface area (Å²) in [5, 5.41) is 0. The van der Waals surface area contributed by atoms with Gasteiger partial charge in [-0.1, -0.05) is 35.6 Å². The highest BCUT2D eigenvalue weighted by molar-refractivity contribution is 7.89. The van der Waals surface area contributed by atoms with Crippen LogP contribution in [0.15, 0.2) is 76.6 Å². The van der Waals surface area contributed by atoms with Crippen LogP contribution in [0.1, 0.15) is 38.8 Å². The lowest BCUT2D eigenvalue weighted by molar-refractivity contribution is 0.0600. The van der Waals surface area contributed by atoms with E-state index in [1.54, 1.807) is 18.2 Å². The third-order valence-corrected chi connectivity index (χ3v) is 9.70. The second-order valence-electron chi connectivity index (χ2n) is 9.21. The van der Waals surface area contributed by atoms with Crippen LogP contribution in [0.5, 0.6) is 0 Å². The number of fused-ring (bicyclic) bond motifs is 2. The Morgan fingerprint density at radius 3 is 2.45 bits per heavy atom. The maximum absolute atomic E-state index is 13.3. The number of ether oxygens (including phenoxy) is 2. The molecule has 0 aliphatic carbocycles. The molecule has 11 heteroatoms. The summed E-state index contributed by atoms with van der Waals surface area (Å²) in [6.07, 6.45) is 0.657. The first kappa shape index (κ1) is 27.9. The molecule has 9 nitrogen and oxygen atoms in total. The van der Waals surface area contributed by atoms with Crippen LogP contribution in [0.3, 0.4) is 0 Å². The van der Waals surface area contributed by atoms with Crippen molar-refractivity contribution in [2.75, 3.05) is 26.9 Å². The molecule has 0 fully saturated rings. The topological polar surface area (TPSA) is 107 Å². The molecule has 1 aliphatic rings. The highest BCUT2D eigenvalue weighted by Crippen LogP contribution is 2.25. The Hall–Kier alpha value is -3.64. The Morgan fingerprint density at radius 2 is 1.73 bits per heavy atom. The zero-order valence-electron chi connectivity index (χ0n) is 22.2. The molecule has 0 saturated heterocycles. The van der Waals surface area contributed by atoms with Crippen LogP contribution in [0.2, 0.25) is 0 Å². The molecule has 1 amide bonds. The first-order valence-corrected chi connectivity index (χ1v) is 15.1. The number of nitrogens with zero attached hydrogens (tertiary/aromatic N) is 3. The molecule has 0 N–H and O–H groups in total. The van der Waals surface area contributed by atoms with Gasteiger partial charge in [-0.05, 0) is 66.9 Å². The summed E-state index contributed by atoms with van der Waals surface area (Å²) in [5.41, 5.74) is 3.65. The molecule has 3 aromatic carbocycles. The molecule has 0 radical (unpaired) electrons. The normalized spacial score (nSPS) is 14.3. The van der Waals surface area contributed by atoms with Gasteiger partial charge in [-0.3, -0.25) is 4.79 Å². The SMILES string of the molecule is CCOCCn1c(=NC(=O)c2ccc(S(=O)(=O)N3CCc4ccccc4C3)cc2)sc2cc(C(=O)OC)ccc21. The molecule has 40 heavy (non-hydrogen) atoms. The monoisotopic (exact) mass is 579 g/mol. The van der Waals surface area contributed by atoms with Gasteiger partial charge in [-0.2, -0.15) is 9.30 Å². The van der Waals surface area contributed by atoms with Gasteiger partial charge in [0.25, 0.3) is 5.91 Å². The quantitative estimate of drug-likeness (QED) is 0.231. The van der Waals surface area contributed by atoms with E-state index in [0.717, 1.165) is 21.3 Å². The summed E-state index contributed by atoms with van der Waals surface area (Å²) in [5.74, 6) is -0.949. The van der Waals surface area contributed by atoms with E-state index in [4.69, 9.17) is 9.47 Å². The first-order chi connectivity index (χ1) is 19.3. The van der Waals surface area contributed by atoms with Crippen LogP contribution in [0.25, 0.3) is 10.2 Å². The van der Waals surface area contributed by atoms with Crippen LogP contribution in [0.4, 0.5) is 0 Å². The lowest BCUT2D eigenvalue weighted by atomic mass is 10.0. The van der Waals surface area contributed by atoms with Crippen LogP contribution in [-0.2, 0) is 39.0 Å². The van der Waals surface area contributed by atoms with Crippen molar-refractivity contribution in [2.45, 2.75) is 31.3 Å². The average Bonchev–Trinajstić information content (AvgIpc) is 3.32. The molecule has 0 bridgehead atoms. The minimum atomic E-state index is -3.72. The Kier molecular flexibility index (Phi) is 8.27. The third-order valence-electron chi connectivity index (χ3n) is 6.80. The van der Waals surface area contributed by atoms with E-state index in [1.165, 1.54) is 47.0 Å². The molecule has 5 rings (SSSR count). The van der Waals surface area contributed by atoms with E-state index in [2.05, 4.69) is 4.99 Å². The number of rotatable bonds is 8. The summed E-state index contributed by atoms with van der Waals surface area (Å²) in [6, 6.07) is 18.9. The maximum Gasteiger partial charge on any atom is 0.337 e. The van der Waals surface area contributed by atoms with Gasteiger partial charge >= 0.3 is 5.97 Å². The maximum atomic E-state index is 13.3. The number of benzene rings is 3. The highest BCUT2D eigenvalue weighted by Gasteiger charge is 2.28.